The van der Waals surface area contributed by atoms with E-state index in [2.05, 4.69) is 28.9 Å². The molecule has 0 unspecified atom stereocenters. The Balaban J connectivity index is 1.58. The summed E-state index contributed by atoms with van der Waals surface area (Å²) in [6.07, 6.45) is 1.63. The largest absolute Gasteiger partial charge is 0.368 e. The lowest BCUT2D eigenvalue weighted by atomic mass is 10.1. The summed E-state index contributed by atoms with van der Waals surface area (Å²) in [4.78, 5) is 28.7. The van der Waals surface area contributed by atoms with Gasteiger partial charge in [0.05, 0.1) is 0 Å². The van der Waals surface area contributed by atoms with Crippen LogP contribution < -0.4 is 10.2 Å². The van der Waals surface area contributed by atoms with Crippen LogP contribution in [-0.2, 0) is 0 Å². The Morgan fingerprint density at radius 3 is 2.15 bits per heavy atom. The van der Waals surface area contributed by atoms with Crippen LogP contribution in [0.4, 0.5) is 5.69 Å². The first-order valence-corrected chi connectivity index (χ1v) is 8.77. The van der Waals surface area contributed by atoms with Gasteiger partial charge in [0, 0.05) is 49.5 Å². The van der Waals surface area contributed by atoms with Crippen LogP contribution in [0.25, 0.3) is 0 Å². The first-order valence-electron chi connectivity index (χ1n) is 8.77. The van der Waals surface area contributed by atoms with E-state index in [1.54, 1.807) is 30.3 Å². The maximum atomic E-state index is 12.7. The van der Waals surface area contributed by atoms with Gasteiger partial charge < -0.3 is 15.1 Å². The van der Waals surface area contributed by atoms with Crippen molar-refractivity contribution in [3.05, 3.63) is 78.4 Å². The number of carbonyl (C=O) groups is 2. The Bertz CT molecular complexity index is 764. The fraction of sp³-hybridized carbons (Fsp3) is 0.238. The third kappa shape index (κ3) is 4.11. The molecule has 5 nitrogen and oxygen atoms in total. The van der Waals surface area contributed by atoms with Crippen LogP contribution in [-0.4, -0.2) is 49.4 Å². The number of amides is 2. The minimum Gasteiger partial charge on any atom is -0.368 e. The average molecular weight is 349 g/mol. The van der Waals surface area contributed by atoms with Gasteiger partial charge in [-0.05, 0) is 36.4 Å². The van der Waals surface area contributed by atoms with Crippen LogP contribution in [0.5, 0.6) is 0 Å². The number of nitrogens with one attached hydrogen (secondary N) is 1. The highest BCUT2D eigenvalue weighted by Crippen LogP contribution is 2.17. The second kappa shape index (κ2) is 8.34. The predicted octanol–water partition coefficient (Wildman–Crippen LogP) is 2.56. The summed E-state index contributed by atoms with van der Waals surface area (Å²) in [5.74, 6) is -0.156. The van der Waals surface area contributed by atoms with E-state index in [-0.39, 0.29) is 11.8 Å². The third-order valence-electron chi connectivity index (χ3n) is 4.49. The number of hydrogen-bond acceptors (Lipinski definition) is 3. The van der Waals surface area contributed by atoms with Gasteiger partial charge >= 0.3 is 0 Å². The van der Waals surface area contributed by atoms with Crippen molar-refractivity contribution >= 4 is 17.5 Å². The van der Waals surface area contributed by atoms with Crippen LogP contribution in [0.1, 0.15) is 20.7 Å². The lowest BCUT2D eigenvalue weighted by Gasteiger charge is -2.36. The second-order valence-electron chi connectivity index (χ2n) is 6.19. The van der Waals surface area contributed by atoms with Crippen molar-refractivity contribution in [2.45, 2.75) is 0 Å². The number of para-hydroxylation sites is 1. The number of carbonyl (C=O) groups excluding carboxylic acids is 2. The number of benzene rings is 2. The van der Waals surface area contributed by atoms with Crippen LogP contribution >= 0.6 is 0 Å². The Kier molecular flexibility index (Phi) is 5.69. The predicted molar refractivity (Wildman–Crippen MR) is 104 cm³/mol. The second-order valence-corrected chi connectivity index (χ2v) is 6.19. The molecule has 2 aromatic carbocycles. The van der Waals surface area contributed by atoms with Crippen molar-refractivity contribution in [3.63, 3.8) is 0 Å². The van der Waals surface area contributed by atoms with Crippen LogP contribution in [0, 0.1) is 0 Å². The van der Waals surface area contributed by atoms with Gasteiger partial charge in [-0.3, -0.25) is 9.59 Å². The van der Waals surface area contributed by atoms with Crippen molar-refractivity contribution in [2.24, 2.45) is 0 Å². The SMILES string of the molecule is C=CCNC(=O)c1ccc(C(=O)N2CCN(c3ccccc3)CC2)cc1. The van der Waals surface area contributed by atoms with Crippen LogP contribution in [0.2, 0.25) is 0 Å². The molecule has 0 atom stereocenters. The van der Waals surface area contributed by atoms with E-state index in [0.717, 1.165) is 13.1 Å². The summed E-state index contributed by atoms with van der Waals surface area (Å²) < 4.78 is 0. The molecule has 1 heterocycles. The third-order valence-corrected chi connectivity index (χ3v) is 4.49. The van der Waals surface area contributed by atoms with E-state index in [1.807, 2.05) is 23.1 Å². The van der Waals surface area contributed by atoms with E-state index in [4.69, 9.17) is 0 Å². The quantitative estimate of drug-likeness (QED) is 0.844. The normalized spacial score (nSPS) is 14.0. The molecular formula is C21H23N3O2. The first-order chi connectivity index (χ1) is 12.7. The number of rotatable bonds is 5. The summed E-state index contributed by atoms with van der Waals surface area (Å²) in [5, 5.41) is 2.72. The molecule has 1 aliphatic heterocycles. The van der Waals surface area contributed by atoms with Crippen molar-refractivity contribution in [2.75, 3.05) is 37.6 Å². The summed E-state index contributed by atoms with van der Waals surface area (Å²) in [5.41, 5.74) is 2.34. The molecule has 1 N–H and O–H groups in total. The standard InChI is InChI=1S/C21H23N3O2/c1-2-12-22-20(25)17-8-10-18(11-9-17)21(26)24-15-13-23(14-16-24)19-6-4-3-5-7-19/h2-11H,1,12-16H2,(H,22,25). The van der Waals surface area contributed by atoms with Gasteiger partial charge in [0.2, 0.25) is 0 Å². The zero-order chi connectivity index (χ0) is 18.4. The van der Waals surface area contributed by atoms with E-state index in [9.17, 15) is 9.59 Å². The highest BCUT2D eigenvalue weighted by molar-refractivity contribution is 5.98. The molecule has 2 amide bonds. The van der Waals surface area contributed by atoms with Gasteiger partial charge in [0.15, 0.2) is 0 Å². The van der Waals surface area contributed by atoms with E-state index in [1.165, 1.54) is 5.69 Å². The topological polar surface area (TPSA) is 52.7 Å². The monoisotopic (exact) mass is 349 g/mol. The smallest absolute Gasteiger partial charge is 0.253 e. The Morgan fingerprint density at radius 1 is 0.923 bits per heavy atom. The molecule has 0 spiro atoms. The number of piperazine rings is 1. The molecule has 1 aliphatic rings. The molecule has 1 fully saturated rings. The molecule has 3 rings (SSSR count). The summed E-state index contributed by atoms with van der Waals surface area (Å²) in [6, 6.07) is 17.0. The number of hydrogen-bond donors (Lipinski definition) is 1. The molecule has 0 radical (unpaired) electrons. The van der Waals surface area contributed by atoms with Gasteiger partial charge in [0.25, 0.3) is 11.8 Å². The summed E-state index contributed by atoms with van der Waals surface area (Å²) in [6.45, 7) is 7.01. The Morgan fingerprint density at radius 2 is 1.54 bits per heavy atom. The molecule has 0 aromatic heterocycles. The van der Waals surface area contributed by atoms with Gasteiger partial charge in [-0.15, -0.1) is 6.58 Å². The molecule has 0 saturated carbocycles. The van der Waals surface area contributed by atoms with Gasteiger partial charge in [-0.25, -0.2) is 0 Å². The molecule has 2 aromatic rings. The molecular weight excluding hydrogens is 326 g/mol. The fourth-order valence-corrected chi connectivity index (χ4v) is 3.02. The molecule has 26 heavy (non-hydrogen) atoms. The minimum atomic E-state index is -0.166. The Labute approximate surface area is 153 Å². The van der Waals surface area contributed by atoms with Crippen molar-refractivity contribution in [1.82, 2.24) is 10.2 Å². The van der Waals surface area contributed by atoms with Gasteiger partial charge in [-0.2, -0.15) is 0 Å². The molecule has 0 aliphatic carbocycles. The van der Waals surface area contributed by atoms with Crippen LogP contribution in [0.15, 0.2) is 67.3 Å². The highest BCUT2D eigenvalue weighted by atomic mass is 16.2. The van der Waals surface area contributed by atoms with E-state index >= 15 is 0 Å². The average Bonchev–Trinajstić information content (AvgIpc) is 2.72. The maximum Gasteiger partial charge on any atom is 0.253 e. The molecule has 0 bridgehead atoms. The van der Waals surface area contributed by atoms with E-state index in [0.29, 0.717) is 30.8 Å². The fourth-order valence-electron chi connectivity index (χ4n) is 3.02. The number of anilines is 1. The molecule has 5 heteroatoms. The summed E-state index contributed by atoms with van der Waals surface area (Å²) in [7, 11) is 0. The zero-order valence-electron chi connectivity index (χ0n) is 14.7. The maximum absolute atomic E-state index is 12.7. The van der Waals surface area contributed by atoms with Gasteiger partial charge in [-0.1, -0.05) is 24.3 Å². The van der Waals surface area contributed by atoms with Crippen molar-refractivity contribution in [3.8, 4) is 0 Å². The molecule has 1 saturated heterocycles. The highest BCUT2D eigenvalue weighted by Gasteiger charge is 2.22. The van der Waals surface area contributed by atoms with Crippen molar-refractivity contribution in [1.29, 1.82) is 0 Å². The lowest BCUT2D eigenvalue weighted by molar-refractivity contribution is 0.0746. The minimum absolute atomic E-state index is 0.00996. The molecule has 134 valence electrons. The first kappa shape index (κ1) is 17.7. The Hall–Kier alpha value is -3.08. The zero-order valence-corrected chi connectivity index (χ0v) is 14.7. The number of nitrogens with zero attached hydrogens (tertiary/aromatic N) is 2. The van der Waals surface area contributed by atoms with Gasteiger partial charge in [0.1, 0.15) is 0 Å². The van der Waals surface area contributed by atoms with Crippen LogP contribution in [0.3, 0.4) is 0 Å². The summed E-state index contributed by atoms with van der Waals surface area (Å²) >= 11 is 0. The lowest BCUT2D eigenvalue weighted by Crippen LogP contribution is -2.48. The van der Waals surface area contributed by atoms with Crippen molar-refractivity contribution < 1.29 is 9.59 Å². The van der Waals surface area contributed by atoms with E-state index < -0.39 is 0 Å².